The van der Waals surface area contributed by atoms with Crippen molar-refractivity contribution in [3.63, 3.8) is 0 Å². The second-order valence-corrected chi connectivity index (χ2v) is 4.11. The Balaban J connectivity index is 2.36. The molecule has 0 aliphatic carbocycles. The van der Waals surface area contributed by atoms with Gasteiger partial charge in [-0.15, -0.1) is 0 Å². The van der Waals surface area contributed by atoms with Crippen molar-refractivity contribution < 1.29 is 4.52 Å². The van der Waals surface area contributed by atoms with E-state index < -0.39 is 0 Å². The number of rotatable bonds is 4. The first kappa shape index (κ1) is 11.8. The van der Waals surface area contributed by atoms with Crippen LogP contribution in [-0.4, -0.2) is 26.5 Å². The molecular weight excluding hydrogens is 218 g/mol. The maximum Gasteiger partial charge on any atom is 0.261 e. The maximum atomic E-state index is 5.57. The highest BCUT2D eigenvalue weighted by molar-refractivity contribution is 5.55. The lowest BCUT2D eigenvalue weighted by Crippen LogP contribution is -2.10. The zero-order valence-corrected chi connectivity index (χ0v) is 10.3. The van der Waals surface area contributed by atoms with Crippen molar-refractivity contribution in [3.05, 3.63) is 17.7 Å². The molecule has 2 heterocycles. The van der Waals surface area contributed by atoms with E-state index in [9.17, 15) is 0 Å². The fourth-order valence-electron chi connectivity index (χ4n) is 1.62. The molecule has 17 heavy (non-hydrogen) atoms. The molecule has 2 aromatic heterocycles. The zero-order valence-electron chi connectivity index (χ0n) is 10.3. The quantitative estimate of drug-likeness (QED) is 0.857. The predicted octanol–water partition coefficient (Wildman–Crippen LogP) is 1.09. The summed E-state index contributed by atoms with van der Waals surface area (Å²) in [5, 5.41) is 8.29. The third-order valence-corrected chi connectivity index (χ3v) is 2.71. The monoisotopic (exact) mass is 235 g/mol. The molecule has 92 valence electrons. The Morgan fingerprint density at radius 2 is 2.29 bits per heavy atom. The van der Waals surface area contributed by atoms with Gasteiger partial charge >= 0.3 is 0 Å². The van der Waals surface area contributed by atoms with Crippen LogP contribution in [0.3, 0.4) is 0 Å². The number of hydrogen-bond donors (Lipinski definition) is 1. The van der Waals surface area contributed by atoms with Gasteiger partial charge in [-0.2, -0.15) is 10.1 Å². The predicted molar refractivity (Wildman–Crippen MR) is 63.3 cm³/mol. The number of nitrogens with two attached hydrogens (primary N) is 1. The van der Waals surface area contributed by atoms with E-state index in [-0.39, 0.29) is 5.92 Å². The molecule has 0 amide bonds. The molecule has 2 N–H and O–H groups in total. The van der Waals surface area contributed by atoms with Crippen LogP contribution in [0.5, 0.6) is 0 Å². The third-order valence-electron chi connectivity index (χ3n) is 2.71. The molecule has 0 spiro atoms. The van der Waals surface area contributed by atoms with Gasteiger partial charge in [0.2, 0.25) is 0 Å². The molecular formula is C11H17N5O. The largest absolute Gasteiger partial charge is 0.334 e. The van der Waals surface area contributed by atoms with E-state index >= 15 is 0 Å². The SMILES string of the molecule is CCc1nn(C)cc1-c1nc(C(C)CN)no1. The van der Waals surface area contributed by atoms with Gasteiger partial charge in [0, 0.05) is 25.7 Å². The van der Waals surface area contributed by atoms with E-state index in [0.29, 0.717) is 18.3 Å². The van der Waals surface area contributed by atoms with Gasteiger partial charge in [0.15, 0.2) is 5.82 Å². The normalized spacial score (nSPS) is 12.9. The summed E-state index contributed by atoms with van der Waals surface area (Å²) in [6, 6.07) is 0. The Morgan fingerprint density at radius 3 is 2.94 bits per heavy atom. The Morgan fingerprint density at radius 1 is 1.53 bits per heavy atom. The van der Waals surface area contributed by atoms with Crippen LogP contribution in [0.4, 0.5) is 0 Å². The van der Waals surface area contributed by atoms with Gasteiger partial charge in [-0.1, -0.05) is 19.0 Å². The van der Waals surface area contributed by atoms with Crippen molar-refractivity contribution >= 4 is 0 Å². The van der Waals surface area contributed by atoms with Crippen LogP contribution in [0, 0.1) is 0 Å². The Bertz CT molecular complexity index is 502. The lowest BCUT2D eigenvalue weighted by Gasteiger charge is -1.98. The summed E-state index contributed by atoms with van der Waals surface area (Å²) in [5.41, 5.74) is 7.44. The average molecular weight is 235 g/mol. The summed E-state index contributed by atoms with van der Waals surface area (Å²) in [6.45, 7) is 4.52. The maximum absolute atomic E-state index is 5.57. The molecule has 0 bridgehead atoms. The van der Waals surface area contributed by atoms with E-state index in [2.05, 4.69) is 15.2 Å². The van der Waals surface area contributed by atoms with Crippen LogP contribution < -0.4 is 5.73 Å². The third kappa shape index (κ3) is 2.21. The number of aromatic nitrogens is 4. The minimum atomic E-state index is 0.106. The van der Waals surface area contributed by atoms with Gasteiger partial charge in [-0.05, 0) is 6.42 Å². The minimum absolute atomic E-state index is 0.106. The summed E-state index contributed by atoms with van der Waals surface area (Å²) in [4.78, 5) is 4.36. The number of hydrogen-bond acceptors (Lipinski definition) is 5. The molecule has 2 rings (SSSR count). The van der Waals surface area contributed by atoms with Crippen molar-refractivity contribution in [1.82, 2.24) is 19.9 Å². The molecule has 0 saturated heterocycles. The summed E-state index contributed by atoms with van der Waals surface area (Å²) in [5.74, 6) is 1.27. The highest BCUT2D eigenvalue weighted by Gasteiger charge is 2.17. The molecule has 0 saturated carbocycles. The van der Waals surface area contributed by atoms with Gasteiger partial charge < -0.3 is 10.3 Å². The molecule has 0 aromatic carbocycles. The van der Waals surface area contributed by atoms with Crippen molar-refractivity contribution in [2.75, 3.05) is 6.54 Å². The molecule has 2 aromatic rings. The molecule has 1 unspecified atom stereocenters. The Hall–Kier alpha value is -1.69. The van der Waals surface area contributed by atoms with Gasteiger partial charge in [0.25, 0.3) is 5.89 Å². The average Bonchev–Trinajstić information content (AvgIpc) is 2.93. The standard InChI is InChI=1S/C11H17N5O/c1-4-9-8(6-16(3)14-9)11-13-10(15-17-11)7(2)5-12/h6-7H,4-5,12H2,1-3H3. The first-order valence-electron chi connectivity index (χ1n) is 5.72. The van der Waals surface area contributed by atoms with E-state index in [0.717, 1.165) is 17.7 Å². The van der Waals surface area contributed by atoms with Crippen molar-refractivity contribution in [2.45, 2.75) is 26.2 Å². The van der Waals surface area contributed by atoms with Gasteiger partial charge in [0.05, 0.1) is 11.3 Å². The summed E-state index contributed by atoms with van der Waals surface area (Å²) in [7, 11) is 1.88. The van der Waals surface area contributed by atoms with Gasteiger partial charge in [-0.25, -0.2) is 0 Å². The van der Waals surface area contributed by atoms with Crippen LogP contribution in [-0.2, 0) is 13.5 Å². The summed E-state index contributed by atoms with van der Waals surface area (Å²) >= 11 is 0. The first-order chi connectivity index (χ1) is 8.15. The molecule has 6 nitrogen and oxygen atoms in total. The Labute approximate surface area is 99.8 Å². The van der Waals surface area contributed by atoms with E-state index in [4.69, 9.17) is 10.3 Å². The molecule has 6 heteroatoms. The second-order valence-electron chi connectivity index (χ2n) is 4.11. The van der Waals surface area contributed by atoms with Gasteiger partial charge in [-0.3, -0.25) is 4.68 Å². The molecule has 0 fully saturated rings. The first-order valence-corrected chi connectivity index (χ1v) is 5.72. The highest BCUT2D eigenvalue weighted by Crippen LogP contribution is 2.23. The van der Waals surface area contributed by atoms with Crippen molar-refractivity contribution in [2.24, 2.45) is 12.8 Å². The van der Waals surface area contributed by atoms with Crippen LogP contribution in [0.2, 0.25) is 0 Å². The van der Waals surface area contributed by atoms with Crippen molar-refractivity contribution in [3.8, 4) is 11.5 Å². The lowest BCUT2D eigenvalue weighted by molar-refractivity contribution is 0.417. The number of nitrogens with zero attached hydrogens (tertiary/aromatic N) is 4. The zero-order chi connectivity index (χ0) is 12.4. The van der Waals surface area contributed by atoms with Crippen molar-refractivity contribution in [1.29, 1.82) is 0 Å². The fourth-order valence-corrected chi connectivity index (χ4v) is 1.62. The molecule has 0 aliphatic rings. The van der Waals surface area contributed by atoms with E-state index in [1.807, 2.05) is 27.1 Å². The summed E-state index contributed by atoms with van der Waals surface area (Å²) < 4.78 is 7.01. The highest BCUT2D eigenvalue weighted by atomic mass is 16.5. The summed E-state index contributed by atoms with van der Waals surface area (Å²) in [6.07, 6.45) is 2.73. The number of aryl methyl sites for hydroxylation is 2. The van der Waals surface area contributed by atoms with E-state index in [1.54, 1.807) is 4.68 Å². The minimum Gasteiger partial charge on any atom is -0.334 e. The molecule has 0 aliphatic heterocycles. The smallest absolute Gasteiger partial charge is 0.261 e. The van der Waals surface area contributed by atoms with Crippen LogP contribution >= 0.6 is 0 Å². The molecule has 0 radical (unpaired) electrons. The van der Waals surface area contributed by atoms with Gasteiger partial charge in [0.1, 0.15) is 0 Å². The van der Waals surface area contributed by atoms with Crippen LogP contribution in [0.25, 0.3) is 11.5 Å². The van der Waals surface area contributed by atoms with E-state index in [1.165, 1.54) is 0 Å². The fraction of sp³-hybridized carbons (Fsp3) is 0.545. The Kier molecular flexibility index (Phi) is 3.23. The lowest BCUT2D eigenvalue weighted by atomic mass is 10.2. The van der Waals surface area contributed by atoms with Crippen LogP contribution in [0.1, 0.15) is 31.3 Å². The topological polar surface area (TPSA) is 82.8 Å². The van der Waals surface area contributed by atoms with Crippen LogP contribution in [0.15, 0.2) is 10.7 Å². The molecule has 1 atom stereocenters. The second kappa shape index (κ2) is 4.67.